The summed E-state index contributed by atoms with van der Waals surface area (Å²) in [4.78, 5) is 10.7. The summed E-state index contributed by atoms with van der Waals surface area (Å²) in [5, 5.41) is 0. The molecule has 4 aliphatic heterocycles. The van der Waals surface area contributed by atoms with Crippen molar-refractivity contribution in [2.75, 3.05) is 9.71 Å². The van der Waals surface area contributed by atoms with Gasteiger partial charge in [-0.25, -0.2) is 0 Å². The van der Waals surface area contributed by atoms with E-state index in [1.165, 1.54) is 103 Å². The fraction of sp³-hybridized carbons (Fsp3) is 0.182. The van der Waals surface area contributed by atoms with E-state index in [2.05, 4.69) is 216 Å². The molecule has 72 heavy (non-hydrogen) atoms. The lowest BCUT2D eigenvalue weighted by Crippen LogP contribution is -2.62. The summed E-state index contributed by atoms with van der Waals surface area (Å²) in [5.41, 5.74) is 20.6. The van der Waals surface area contributed by atoms with Gasteiger partial charge in [-0.15, -0.1) is 10.0 Å². The van der Waals surface area contributed by atoms with E-state index < -0.39 is 10.0 Å². The molecule has 0 aromatic heterocycles. The SMILES string of the molecule is Cc1cc2c(cc1N1c3cc4c(cc3B3c5c1cc1c(c5-c5cccc6c5N3c3ccccc3S6(c3ccccc3)c3ccccc3)C(C)(C)c3ccccc3-1)Oc1ccccc1O4)C(C)(C)CCC2(C)C. The molecule has 9 aromatic carbocycles. The van der Waals surface area contributed by atoms with Crippen LogP contribution < -0.4 is 30.1 Å². The van der Waals surface area contributed by atoms with Crippen LogP contribution in [0.15, 0.2) is 202 Å². The number of hydrogen-bond acceptors (Lipinski definition) is 4. The maximum atomic E-state index is 6.95. The molecule has 0 unspecified atom stereocenters. The summed E-state index contributed by atoms with van der Waals surface area (Å²) in [6.07, 6.45) is 2.30. The predicted octanol–water partition coefficient (Wildman–Crippen LogP) is 16.9. The van der Waals surface area contributed by atoms with Gasteiger partial charge in [-0.3, -0.25) is 0 Å². The Bertz CT molecular complexity index is 3800. The van der Waals surface area contributed by atoms with Gasteiger partial charge < -0.3 is 19.2 Å². The molecule has 350 valence electrons. The second-order valence-corrected chi connectivity index (χ2v) is 25.8. The normalized spacial score (nSPS) is 18.0. The second kappa shape index (κ2) is 14.4. The third-order valence-corrected chi connectivity index (χ3v) is 21.4. The number of anilines is 5. The van der Waals surface area contributed by atoms with Gasteiger partial charge in [-0.05, 0) is 159 Å². The van der Waals surface area contributed by atoms with Gasteiger partial charge in [0, 0.05) is 59.4 Å². The average molecular weight is 951 g/mol. The monoisotopic (exact) mass is 950 g/mol. The average Bonchev–Trinajstić information content (AvgIpc) is 3.64. The van der Waals surface area contributed by atoms with E-state index in [4.69, 9.17) is 9.47 Å². The van der Waals surface area contributed by atoms with Crippen molar-refractivity contribution >= 4 is 56.2 Å². The highest BCUT2D eigenvalue weighted by atomic mass is 32.3. The van der Waals surface area contributed by atoms with E-state index in [1.807, 2.05) is 24.3 Å². The second-order valence-electron chi connectivity index (χ2n) is 22.7. The topological polar surface area (TPSA) is 24.9 Å². The first kappa shape index (κ1) is 42.3. The van der Waals surface area contributed by atoms with Gasteiger partial charge in [0.2, 0.25) is 0 Å². The largest absolute Gasteiger partial charge is 0.450 e. The molecule has 0 amide bonds. The molecule has 0 atom stereocenters. The minimum absolute atomic E-state index is 0.00445. The van der Waals surface area contributed by atoms with Gasteiger partial charge in [-0.2, -0.15) is 0 Å². The Morgan fingerprint density at radius 3 is 1.76 bits per heavy atom. The molecule has 15 rings (SSSR count). The zero-order valence-electron chi connectivity index (χ0n) is 41.9. The summed E-state index contributed by atoms with van der Waals surface area (Å²) < 4.78 is 13.9. The van der Waals surface area contributed by atoms with Gasteiger partial charge in [0.15, 0.2) is 23.0 Å². The maximum Gasteiger partial charge on any atom is 0.333 e. The molecule has 0 bridgehead atoms. The predicted molar refractivity (Wildman–Crippen MR) is 298 cm³/mol. The van der Waals surface area contributed by atoms with Crippen molar-refractivity contribution in [1.82, 2.24) is 0 Å². The van der Waals surface area contributed by atoms with E-state index in [0.29, 0.717) is 0 Å². The Balaban J connectivity index is 1.13. The molecule has 0 spiro atoms. The lowest BCUT2D eigenvalue weighted by atomic mass is 9.42. The maximum absolute atomic E-state index is 6.95. The van der Waals surface area contributed by atoms with Crippen molar-refractivity contribution in [3.63, 3.8) is 0 Å². The molecular formula is C66H55BN2O2S. The summed E-state index contributed by atoms with van der Waals surface area (Å²) in [6.45, 7) is 16.8. The first-order chi connectivity index (χ1) is 34.9. The first-order valence-electron chi connectivity index (χ1n) is 25.7. The van der Waals surface area contributed by atoms with Crippen LogP contribution >= 0.6 is 10.0 Å². The van der Waals surface area contributed by atoms with E-state index in [9.17, 15) is 0 Å². The van der Waals surface area contributed by atoms with Crippen LogP contribution in [-0.4, -0.2) is 6.85 Å². The molecular weight excluding hydrogens is 896 g/mol. The Hall–Kier alpha value is -7.41. The molecule has 2 aliphatic carbocycles. The zero-order chi connectivity index (χ0) is 48.6. The minimum Gasteiger partial charge on any atom is -0.450 e. The third-order valence-electron chi connectivity index (χ3n) is 17.4. The Morgan fingerprint density at radius 2 is 1.06 bits per heavy atom. The summed E-state index contributed by atoms with van der Waals surface area (Å²) in [6, 6.07) is 68.9. The van der Waals surface area contributed by atoms with E-state index in [-0.39, 0.29) is 23.1 Å². The van der Waals surface area contributed by atoms with Crippen molar-refractivity contribution in [3.05, 3.63) is 210 Å². The highest BCUT2D eigenvalue weighted by molar-refractivity contribution is 8.34. The number of benzene rings is 9. The van der Waals surface area contributed by atoms with Crippen LogP contribution in [0.3, 0.4) is 0 Å². The smallest absolute Gasteiger partial charge is 0.333 e. The van der Waals surface area contributed by atoms with Gasteiger partial charge in [0.05, 0.1) is 5.69 Å². The molecule has 6 heteroatoms. The number of ether oxygens (including phenoxy) is 2. The third kappa shape index (κ3) is 5.35. The molecule has 0 radical (unpaired) electrons. The minimum atomic E-state index is -2.04. The Morgan fingerprint density at radius 1 is 0.472 bits per heavy atom. The fourth-order valence-corrected chi connectivity index (χ4v) is 18.2. The molecule has 0 saturated carbocycles. The van der Waals surface area contributed by atoms with Crippen molar-refractivity contribution in [3.8, 4) is 45.3 Å². The van der Waals surface area contributed by atoms with Crippen LogP contribution in [0.1, 0.15) is 82.2 Å². The summed E-state index contributed by atoms with van der Waals surface area (Å²) >= 11 is 0. The molecule has 4 nitrogen and oxygen atoms in total. The molecule has 0 N–H and O–H groups in total. The van der Waals surface area contributed by atoms with Gasteiger partial charge in [-0.1, -0.05) is 145 Å². The standard InChI is InChI=1S/C66H55BN2O2S/c1-40-35-47-48(65(4,5)34-33-64(47,2)3)37-51(40)68-52-39-57-56(70-54-29-17-18-30-55(54)71-57)38-49(52)67-62-53(68)36-45-43-25-14-15-27-46(43)66(6,7)61(45)60(62)44-26-20-32-59-63(44)69(67)50-28-16-19-31-58(50)72(59,41-21-10-8-11-22-41)42-23-12-9-13-24-42/h8-32,35-39H,33-34H2,1-7H3. The van der Waals surface area contributed by atoms with Crippen LogP contribution in [0.2, 0.25) is 0 Å². The molecule has 6 aliphatic rings. The molecule has 0 saturated heterocycles. The quantitative estimate of drug-likeness (QED) is 0.165. The summed E-state index contributed by atoms with van der Waals surface area (Å²) in [7, 11) is -2.04. The van der Waals surface area contributed by atoms with E-state index >= 15 is 0 Å². The lowest BCUT2D eigenvalue weighted by molar-refractivity contribution is 0.332. The van der Waals surface area contributed by atoms with Crippen molar-refractivity contribution in [1.29, 1.82) is 0 Å². The number of aryl methyl sites for hydroxylation is 1. The number of para-hydroxylation sites is 4. The fourth-order valence-electron chi connectivity index (χ4n) is 14.0. The number of fused-ring (bicyclic) bond motifs is 13. The van der Waals surface area contributed by atoms with Gasteiger partial charge in [0.1, 0.15) is 0 Å². The lowest BCUT2D eigenvalue weighted by Gasteiger charge is -2.55. The Labute approximate surface area is 425 Å². The first-order valence-corrected chi connectivity index (χ1v) is 27.4. The number of rotatable bonds is 3. The number of nitrogens with zero attached hydrogens (tertiary/aromatic N) is 2. The van der Waals surface area contributed by atoms with Crippen molar-refractivity contribution in [2.45, 2.75) is 97.1 Å². The van der Waals surface area contributed by atoms with Crippen LogP contribution in [0.25, 0.3) is 22.3 Å². The van der Waals surface area contributed by atoms with Crippen LogP contribution in [0.4, 0.5) is 28.4 Å². The van der Waals surface area contributed by atoms with Crippen LogP contribution in [0, 0.1) is 6.92 Å². The Kier molecular flexibility index (Phi) is 8.45. The summed E-state index contributed by atoms with van der Waals surface area (Å²) in [5.74, 6) is 2.90. The van der Waals surface area contributed by atoms with Crippen molar-refractivity contribution < 1.29 is 9.47 Å². The highest BCUT2D eigenvalue weighted by Crippen LogP contribution is 2.80. The van der Waals surface area contributed by atoms with Crippen LogP contribution in [0.5, 0.6) is 23.0 Å². The van der Waals surface area contributed by atoms with Crippen molar-refractivity contribution in [2.24, 2.45) is 0 Å². The highest BCUT2D eigenvalue weighted by Gasteiger charge is 2.55. The molecule has 4 heterocycles. The van der Waals surface area contributed by atoms with E-state index in [1.54, 1.807) is 0 Å². The van der Waals surface area contributed by atoms with Gasteiger partial charge >= 0.3 is 6.85 Å². The number of hydrogen-bond donors (Lipinski definition) is 0. The molecule has 9 aromatic rings. The van der Waals surface area contributed by atoms with E-state index in [0.717, 1.165) is 41.5 Å². The van der Waals surface area contributed by atoms with Gasteiger partial charge in [0.25, 0.3) is 0 Å². The zero-order valence-corrected chi connectivity index (χ0v) is 42.7. The van der Waals surface area contributed by atoms with Crippen LogP contribution in [-0.2, 0) is 16.2 Å². The molecule has 0 fully saturated rings.